The number of fused-ring (bicyclic) bond motifs is 2. The molecule has 2 aromatic rings. The zero-order valence-electron chi connectivity index (χ0n) is 9.37. The standard InChI is InChI=1S/C14H9NO3/c16-15(17)12-7-8-14-11(9-12)6-5-10-3-1-2-4-13(10)18-14/h1-9H. The Morgan fingerprint density at radius 1 is 0.944 bits per heavy atom. The van der Waals surface area contributed by atoms with Crippen LogP contribution in [0.25, 0.3) is 12.2 Å². The first-order valence-electron chi connectivity index (χ1n) is 5.47. The Balaban J connectivity index is 2.12. The topological polar surface area (TPSA) is 52.4 Å². The number of hydrogen-bond acceptors (Lipinski definition) is 3. The first-order valence-corrected chi connectivity index (χ1v) is 5.47. The summed E-state index contributed by atoms with van der Waals surface area (Å²) in [6.45, 7) is 0. The van der Waals surface area contributed by atoms with Crippen molar-refractivity contribution < 1.29 is 9.66 Å². The molecule has 0 aromatic heterocycles. The van der Waals surface area contributed by atoms with Crippen LogP contribution in [0.2, 0.25) is 0 Å². The lowest BCUT2D eigenvalue weighted by Gasteiger charge is -2.07. The maximum atomic E-state index is 10.7. The smallest absolute Gasteiger partial charge is 0.270 e. The number of nitro benzene ring substituents is 1. The van der Waals surface area contributed by atoms with Gasteiger partial charge in [0.15, 0.2) is 0 Å². The molecule has 1 aliphatic rings. The second kappa shape index (κ2) is 4.00. The summed E-state index contributed by atoms with van der Waals surface area (Å²) in [4.78, 5) is 10.3. The minimum atomic E-state index is -0.411. The summed E-state index contributed by atoms with van der Waals surface area (Å²) in [5.41, 5.74) is 1.73. The van der Waals surface area contributed by atoms with Crippen LogP contribution < -0.4 is 4.74 Å². The maximum absolute atomic E-state index is 10.7. The highest BCUT2D eigenvalue weighted by Gasteiger charge is 2.14. The van der Waals surface area contributed by atoms with Crippen LogP contribution in [-0.2, 0) is 0 Å². The minimum absolute atomic E-state index is 0.0629. The molecule has 1 aliphatic heterocycles. The van der Waals surface area contributed by atoms with Gasteiger partial charge in [-0.25, -0.2) is 0 Å². The summed E-state index contributed by atoms with van der Waals surface area (Å²) in [6.07, 6.45) is 3.72. The summed E-state index contributed by atoms with van der Waals surface area (Å²) in [7, 11) is 0. The van der Waals surface area contributed by atoms with Crippen LogP contribution in [0.1, 0.15) is 11.1 Å². The van der Waals surface area contributed by atoms with Crippen molar-refractivity contribution in [1.82, 2.24) is 0 Å². The van der Waals surface area contributed by atoms with E-state index in [0.29, 0.717) is 11.3 Å². The summed E-state index contributed by atoms with van der Waals surface area (Å²) in [5.74, 6) is 1.38. The highest BCUT2D eigenvalue weighted by Crippen LogP contribution is 2.35. The molecule has 4 nitrogen and oxygen atoms in total. The molecule has 0 saturated carbocycles. The summed E-state index contributed by atoms with van der Waals surface area (Å²) in [5, 5.41) is 10.7. The molecule has 0 N–H and O–H groups in total. The van der Waals surface area contributed by atoms with Crippen LogP contribution in [0.5, 0.6) is 11.5 Å². The zero-order valence-corrected chi connectivity index (χ0v) is 9.37. The summed E-state index contributed by atoms with van der Waals surface area (Å²) in [6, 6.07) is 12.2. The normalized spacial score (nSPS) is 12.0. The molecule has 0 aliphatic carbocycles. The Kier molecular flexibility index (Phi) is 2.34. The molecule has 0 bridgehead atoms. The van der Waals surface area contributed by atoms with E-state index < -0.39 is 4.92 Å². The van der Waals surface area contributed by atoms with Crippen molar-refractivity contribution in [3.63, 3.8) is 0 Å². The van der Waals surface area contributed by atoms with Crippen molar-refractivity contribution in [1.29, 1.82) is 0 Å². The Bertz CT molecular complexity index is 662. The third kappa shape index (κ3) is 1.73. The quantitative estimate of drug-likeness (QED) is 0.478. The van der Waals surface area contributed by atoms with Gasteiger partial charge in [-0.2, -0.15) is 0 Å². The van der Waals surface area contributed by atoms with E-state index in [1.807, 2.05) is 36.4 Å². The fraction of sp³-hybridized carbons (Fsp3) is 0. The van der Waals surface area contributed by atoms with Crippen LogP contribution in [0, 0.1) is 10.1 Å². The van der Waals surface area contributed by atoms with Gasteiger partial charge in [0, 0.05) is 23.3 Å². The fourth-order valence-corrected chi connectivity index (χ4v) is 1.88. The van der Waals surface area contributed by atoms with E-state index in [4.69, 9.17) is 4.74 Å². The number of hydrogen-bond donors (Lipinski definition) is 0. The first-order chi connectivity index (χ1) is 8.74. The van der Waals surface area contributed by atoms with Crippen LogP contribution in [-0.4, -0.2) is 4.92 Å². The molecule has 1 heterocycles. The second-order valence-corrected chi connectivity index (χ2v) is 3.95. The summed E-state index contributed by atoms with van der Waals surface area (Å²) >= 11 is 0. The molecule has 0 fully saturated rings. The monoisotopic (exact) mass is 239 g/mol. The van der Waals surface area contributed by atoms with E-state index in [0.717, 1.165) is 11.3 Å². The molecule has 0 atom stereocenters. The van der Waals surface area contributed by atoms with Crippen LogP contribution in [0.3, 0.4) is 0 Å². The molecule has 0 radical (unpaired) electrons. The van der Waals surface area contributed by atoms with Gasteiger partial charge in [0.1, 0.15) is 11.5 Å². The maximum Gasteiger partial charge on any atom is 0.270 e. The molecule has 2 aromatic carbocycles. The Morgan fingerprint density at radius 3 is 2.50 bits per heavy atom. The molecule has 0 saturated heterocycles. The van der Waals surface area contributed by atoms with Gasteiger partial charge >= 0.3 is 0 Å². The SMILES string of the molecule is O=[N+]([O-])c1ccc2c(c1)C=Cc1ccccc1O2. The van der Waals surface area contributed by atoms with Crippen molar-refractivity contribution >= 4 is 17.8 Å². The predicted octanol–water partition coefficient (Wildman–Crippen LogP) is 3.87. The van der Waals surface area contributed by atoms with E-state index in [9.17, 15) is 10.1 Å². The van der Waals surface area contributed by atoms with E-state index in [1.54, 1.807) is 6.07 Å². The lowest BCUT2D eigenvalue weighted by molar-refractivity contribution is -0.384. The third-order valence-electron chi connectivity index (χ3n) is 2.79. The van der Waals surface area contributed by atoms with Gasteiger partial charge in [0.25, 0.3) is 5.69 Å². The number of para-hydroxylation sites is 1. The van der Waals surface area contributed by atoms with Crippen LogP contribution in [0.4, 0.5) is 5.69 Å². The Labute approximate surface area is 103 Å². The predicted molar refractivity (Wildman–Crippen MR) is 68.5 cm³/mol. The van der Waals surface area contributed by atoms with Crippen molar-refractivity contribution in [2.75, 3.05) is 0 Å². The number of non-ortho nitro benzene ring substituents is 1. The lowest BCUT2D eigenvalue weighted by atomic mass is 10.1. The molecule has 88 valence electrons. The van der Waals surface area contributed by atoms with E-state index in [-0.39, 0.29) is 5.69 Å². The minimum Gasteiger partial charge on any atom is -0.456 e. The van der Waals surface area contributed by atoms with E-state index in [2.05, 4.69) is 0 Å². The number of ether oxygens (including phenoxy) is 1. The average molecular weight is 239 g/mol. The van der Waals surface area contributed by atoms with Gasteiger partial charge in [-0.1, -0.05) is 30.4 Å². The molecule has 0 spiro atoms. The molecule has 3 rings (SSSR count). The number of rotatable bonds is 1. The number of nitro groups is 1. The van der Waals surface area contributed by atoms with Gasteiger partial charge in [-0.05, 0) is 12.1 Å². The lowest BCUT2D eigenvalue weighted by Crippen LogP contribution is -1.91. The Hall–Kier alpha value is -2.62. The van der Waals surface area contributed by atoms with Crippen molar-refractivity contribution in [2.45, 2.75) is 0 Å². The van der Waals surface area contributed by atoms with Crippen LogP contribution >= 0.6 is 0 Å². The zero-order chi connectivity index (χ0) is 12.5. The fourth-order valence-electron chi connectivity index (χ4n) is 1.88. The van der Waals surface area contributed by atoms with Crippen LogP contribution in [0.15, 0.2) is 42.5 Å². The highest BCUT2D eigenvalue weighted by molar-refractivity contribution is 5.78. The second-order valence-electron chi connectivity index (χ2n) is 3.95. The molecule has 18 heavy (non-hydrogen) atoms. The molecule has 0 amide bonds. The van der Waals surface area contributed by atoms with Crippen molar-refractivity contribution in [3.8, 4) is 11.5 Å². The van der Waals surface area contributed by atoms with Gasteiger partial charge in [-0.3, -0.25) is 10.1 Å². The van der Waals surface area contributed by atoms with Crippen molar-refractivity contribution in [2.24, 2.45) is 0 Å². The van der Waals surface area contributed by atoms with Gasteiger partial charge < -0.3 is 4.74 Å². The molecular weight excluding hydrogens is 230 g/mol. The molecule has 4 heteroatoms. The largest absolute Gasteiger partial charge is 0.456 e. The molecule has 0 unspecified atom stereocenters. The van der Waals surface area contributed by atoms with E-state index >= 15 is 0 Å². The highest BCUT2D eigenvalue weighted by atomic mass is 16.6. The van der Waals surface area contributed by atoms with Crippen molar-refractivity contribution in [3.05, 3.63) is 63.7 Å². The number of nitrogens with zero attached hydrogens (tertiary/aromatic N) is 1. The van der Waals surface area contributed by atoms with Gasteiger partial charge in [0.05, 0.1) is 4.92 Å². The molecular formula is C14H9NO3. The first kappa shape index (κ1) is 10.5. The van der Waals surface area contributed by atoms with Gasteiger partial charge in [0.2, 0.25) is 0 Å². The van der Waals surface area contributed by atoms with E-state index in [1.165, 1.54) is 12.1 Å². The average Bonchev–Trinajstić information content (AvgIpc) is 2.56. The number of benzene rings is 2. The Morgan fingerprint density at radius 2 is 1.67 bits per heavy atom. The summed E-state index contributed by atoms with van der Waals surface area (Å²) < 4.78 is 5.75. The third-order valence-corrected chi connectivity index (χ3v) is 2.79. The van der Waals surface area contributed by atoms with Gasteiger partial charge in [-0.15, -0.1) is 0 Å².